The van der Waals surface area contributed by atoms with Crippen LogP contribution in [0.2, 0.25) is 4.34 Å². The number of carbonyl (C=O) groups excluding carboxylic acids is 3. The minimum Gasteiger partial charge on any atom is -0.474 e. The molecule has 0 aromatic carbocycles. The number of methoxy groups -OCH3 is 2. The Balaban J connectivity index is 1.61. The number of carbonyl (C=O) groups is 3. The van der Waals surface area contributed by atoms with E-state index in [-0.39, 0.29) is 37.4 Å². The van der Waals surface area contributed by atoms with Crippen molar-refractivity contribution in [2.45, 2.75) is 19.0 Å². The van der Waals surface area contributed by atoms with E-state index in [1.807, 2.05) is 0 Å². The quantitative estimate of drug-likeness (QED) is 0.498. The van der Waals surface area contributed by atoms with Crippen LogP contribution in [0.5, 0.6) is 5.06 Å². The summed E-state index contributed by atoms with van der Waals surface area (Å²) in [6.45, 7) is 0.914. The third kappa shape index (κ3) is 6.16. The normalized spacial score (nSPS) is 16.5. The second-order valence-corrected chi connectivity index (χ2v) is 9.27. The number of ether oxygens (including phenoxy) is 3. The van der Waals surface area contributed by atoms with E-state index in [2.05, 4.69) is 9.72 Å². The first-order valence-corrected chi connectivity index (χ1v) is 11.4. The average Bonchev–Trinajstić information content (AvgIpc) is 3.37. The number of aromatic nitrogens is 1. The van der Waals surface area contributed by atoms with Gasteiger partial charge in [-0.1, -0.05) is 22.9 Å². The summed E-state index contributed by atoms with van der Waals surface area (Å²) in [6, 6.07) is 2.65. The maximum absolute atomic E-state index is 13.0. The molecule has 1 aliphatic heterocycles. The lowest BCUT2D eigenvalue weighted by molar-refractivity contribution is -0.155. The van der Waals surface area contributed by atoms with E-state index in [4.69, 9.17) is 21.1 Å². The molecule has 3 heterocycles. The Morgan fingerprint density at radius 2 is 2.10 bits per heavy atom. The lowest BCUT2D eigenvalue weighted by Gasteiger charge is -2.40. The smallest absolute Gasteiger partial charge is 0.311 e. The monoisotopic (exact) mass is 487 g/mol. The van der Waals surface area contributed by atoms with Gasteiger partial charge in [0.25, 0.3) is 5.91 Å². The number of nitrogens with zero attached hydrogens (tertiary/aromatic N) is 3. The van der Waals surface area contributed by atoms with Gasteiger partial charge in [0, 0.05) is 25.6 Å². The van der Waals surface area contributed by atoms with Gasteiger partial charge in [-0.15, -0.1) is 11.3 Å². The van der Waals surface area contributed by atoms with Crippen LogP contribution >= 0.6 is 34.3 Å². The van der Waals surface area contributed by atoms with E-state index < -0.39 is 6.04 Å². The van der Waals surface area contributed by atoms with Crippen molar-refractivity contribution in [1.29, 1.82) is 0 Å². The Morgan fingerprint density at radius 3 is 2.77 bits per heavy atom. The first kappa shape index (κ1) is 23.5. The zero-order valence-corrected chi connectivity index (χ0v) is 19.4. The van der Waals surface area contributed by atoms with Crippen molar-refractivity contribution >= 4 is 52.1 Å². The van der Waals surface area contributed by atoms with Gasteiger partial charge in [-0.2, -0.15) is 0 Å². The number of piperazine rings is 1. The van der Waals surface area contributed by atoms with Gasteiger partial charge in [-0.3, -0.25) is 14.4 Å². The van der Waals surface area contributed by atoms with Gasteiger partial charge in [0.15, 0.2) is 11.7 Å². The summed E-state index contributed by atoms with van der Waals surface area (Å²) in [7, 11) is 2.81. The molecule has 2 aromatic rings. The van der Waals surface area contributed by atoms with Gasteiger partial charge in [-0.05, 0) is 12.1 Å². The zero-order chi connectivity index (χ0) is 22.4. The lowest BCUT2D eigenvalue weighted by Crippen LogP contribution is -2.60. The molecule has 1 atom stereocenters. The highest BCUT2D eigenvalue weighted by Crippen LogP contribution is 2.28. The van der Waals surface area contributed by atoms with Crippen molar-refractivity contribution in [3.8, 4) is 5.06 Å². The number of thiazole rings is 1. The van der Waals surface area contributed by atoms with Crippen molar-refractivity contribution in [2.24, 2.45) is 0 Å². The fraction of sp³-hybridized carbons (Fsp3) is 0.474. The molecule has 0 N–H and O–H groups in total. The first-order valence-electron chi connectivity index (χ1n) is 9.36. The molecular weight excluding hydrogens is 466 g/mol. The molecule has 1 fully saturated rings. The second kappa shape index (κ2) is 10.9. The molecular formula is C19H22ClN3O6S2. The number of amides is 2. The van der Waals surface area contributed by atoms with Crippen LogP contribution in [0.3, 0.4) is 0 Å². The predicted molar refractivity (Wildman–Crippen MR) is 115 cm³/mol. The molecule has 0 bridgehead atoms. The molecule has 0 radical (unpaired) electrons. The van der Waals surface area contributed by atoms with Crippen LogP contribution in [-0.4, -0.2) is 79.1 Å². The minimum absolute atomic E-state index is 0.0807. The molecule has 1 aliphatic rings. The fourth-order valence-electron chi connectivity index (χ4n) is 3.09. The van der Waals surface area contributed by atoms with Crippen LogP contribution in [0.25, 0.3) is 0 Å². The highest BCUT2D eigenvalue weighted by atomic mass is 35.5. The van der Waals surface area contributed by atoms with Crippen molar-refractivity contribution in [3.63, 3.8) is 0 Å². The Labute approximate surface area is 192 Å². The van der Waals surface area contributed by atoms with Gasteiger partial charge >= 0.3 is 5.97 Å². The summed E-state index contributed by atoms with van der Waals surface area (Å²) in [4.78, 5) is 44.7. The summed E-state index contributed by atoms with van der Waals surface area (Å²) in [5.41, 5.74) is 0.604. The van der Waals surface area contributed by atoms with E-state index in [1.54, 1.807) is 22.4 Å². The number of esters is 1. The standard InChI is InChI=1S/C19H22ClN3O6S2/c1-27-9-13-19(26)22(8-15-21-12(11-30-15)7-17(25)28-2)5-6-23(13)16(24)10-29-18-4-3-14(20)31-18/h3-4,11,13H,5-10H2,1-2H3/t13-/m0/s1. The summed E-state index contributed by atoms with van der Waals surface area (Å²) in [5.74, 6) is -0.883. The fourth-order valence-corrected chi connectivity index (χ4v) is 4.77. The van der Waals surface area contributed by atoms with E-state index in [0.29, 0.717) is 39.7 Å². The minimum atomic E-state index is -0.740. The Bertz CT molecular complexity index is 933. The number of halogens is 1. The summed E-state index contributed by atoms with van der Waals surface area (Å²) >= 11 is 8.48. The van der Waals surface area contributed by atoms with Gasteiger partial charge in [0.1, 0.15) is 11.0 Å². The highest BCUT2D eigenvalue weighted by Gasteiger charge is 2.37. The molecule has 2 amide bonds. The molecule has 31 heavy (non-hydrogen) atoms. The molecule has 3 rings (SSSR count). The first-order chi connectivity index (χ1) is 14.9. The summed E-state index contributed by atoms with van der Waals surface area (Å²) in [5, 5.41) is 3.02. The van der Waals surface area contributed by atoms with Crippen LogP contribution in [0.4, 0.5) is 0 Å². The predicted octanol–water partition coefficient (Wildman–Crippen LogP) is 1.84. The largest absolute Gasteiger partial charge is 0.474 e. The van der Waals surface area contributed by atoms with Crippen LogP contribution in [-0.2, 0) is 36.8 Å². The molecule has 0 aliphatic carbocycles. The van der Waals surface area contributed by atoms with Gasteiger partial charge in [0.2, 0.25) is 5.91 Å². The van der Waals surface area contributed by atoms with Crippen LogP contribution in [0.15, 0.2) is 17.5 Å². The highest BCUT2D eigenvalue weighted by molar-refractivity contribution is 7.17. The summed E-state index contributed by atoms with van der Waals surface area (Å²) in [6.07, 6.45) is 0.0883. The number of hydrogen-bond acceptors (Lipinski definition) is 9. The van der Waals surface area contributed by atoms with Crippen LogP contribution in [0.1, 0.15) is 10.7 Å². The lowest BCUT2D eigenvalue weighted by atomic mass is 10.1. The van der Waals surface area contributed by atoms with Crippen molar-refractivity contribution in [1.82, 2.24) is 14.8 Å². The van der Waals surface area contributed by atoms with Gasteiger partial charge < -0.3 is 24.0 Å². The maximum atomic E-state index is 13.0. The van der Waals surface area contributed by atoms with E-state index in [9.17, 15) is 14.4 Å². The third-order valence-corrected chi connectivity index (χ3v) is 6.62. The van der Waals surface area contributed by atoms with Crippen molar-refractivity contribution in [3.05, 3.63) is 32.6 Å². The number of hydrogen-bond donors (Lipinski definition) is 0. The molecule has 0 unspecified atom stereocenters. The second-order valence-electron chi connectivity index (χ2n) is 6.65. The molecule has 12 heteroatoms. The van der Waals surface area contributed by atoms with Gasteiger partial charge in [0.05, 0.1) is 36.7 Å². The van der Waals surface area contributed by atoms with Crippen LogP contribution < -0.4 is 4.74 Å². The van der Waals surface area contributed by atoms with Gasteiger partial charge in [-0.25, -0.2) is 4.98 Å². The van der Waals surface area contributed by atoms with Crippen LogP contribution in [0, 0.1) is 0 Å². The molecule has 168 valence electrons. The van der Waals surface area contributed by atoms with E-state index >= 15 is 0 Å². The Hall–Kier alpha value is -2.21. The molecule has 2 aromatic heterocycles. The van der Waals surface area contributed by atoms with Crippen molar-refractivity contribution in [2.75, 3.05) is 40.5 Å². The average molecular weight is 488 g/mol. The molecule has 9 nitrogen and oxygen atoms in total. The topological polar surface area (TPSA) is 98.3 Å². The molecule has 1 saturated heterocycles. The van der Waals surface area contributed by atoms with E-state index in [0.717, 1.165) is 0 Å². The number of rotatable bonds is 9. The molecule has 0 saturated carbocycles. The Kier molecular flexibility index (Phi) is 8.24. The van der Waals surface area contributed by atoms with Crippen molar-refractivity contribution < 1.29 is 28.6 Å². The summed E-state index contributed by atoms with van der Waals surface area (Å²) < 4.78 is 15.9. The maximum Gasteiger partial charge on any atom is 0.311 e. The SMILES string of the molecule is COC[C@H]1C(=O)N(Cc2nc(CC(=O)OC)cs2)CCN1C(=O)COc1ccc(Cl)s1. The zero-order valence-electron chi connectivity index (χ0n) is 17.0. The Morgan fingerprint density at radius 1 is 1.29 bits per heavy atom. The molecule has 0 spiro atoms. The number of thiophene rings is 1. The third-order valence-electron chi connectivity index (χ3n) is 4.59. The van der Waals surface area contributed by atoms with E-state index in [1.165, 1.54) is 41.8 Å².